The number of fused-ring (bicyclic) bond motifs is 6. The van der Waals surface area contributed by atoms with Gasteiger partial charge in [-0.05, 0) is 80.3 Å². The summed E-state index contributed by atoms with van der Waals surface area (Å²) >= 11 is 0. The van der Waals surface area contributed by atoms with Crippen LogP contribution in [0.5, 0.6) is 0 Å². The summed E-state index contributed by atoms with van der Waals surface area (Å²) in [6.07, 6.45) is 7.02. The highest BCUT2D eigenvalue weighted by Crippen LogP contribution is 2.63. The van der Waals surface area contributed by atoms with Gasteiger partial charge < -0.3 is 0 Å². The van der Waals surface area contributed by atoms with Crippen molar-refractivity contribution in [3.8, 4) is 0 Å². The Morgan fingerprint density at radius 1 is 0.714 bits per heavy atom. The maximum atomic E-state index is 2.39. The molecule has 0 heteroatoms. The Morgan fingerprint density at radius 2 is 1.36 bits per heavy atom. The molecule has 0 N–H and O–H groups in total. The van der Waals surface area contributed by atoms with E-state index in [2.05, 4.69) is 85.8 Å². The molecule has 0 nitrogen and oxygen atoms in total. The molecule has 0 aliphatic heterocycles. The van der Waals surface area contributed by atoms with Crippen molar-refractivity contribution in [2.24, 2.45) is 0 Å². The van der Waals surface area contributed by atoms with Crippen LogP contribution in [0.15, 0.2) is 84.5 Å². The number of hydrogen-bond donors (Lipinski definition) is 0. The first-order chi connectivity index (χ1) is 13.8. The van der Waals surface area contributed by atoms with Crippen LogP contribution in [0.3, 0.4) is 0 Å². The molecule has 0 bridgehead atoms. The Kier molecular flexibility index (Phi) is 2.57. The molecule has 3 aliphatic carbocycles. The quantitative estimate of drug-likeness (QED) is 0.296. The second kappa shape index (κ2) is 4.83. The Bertz CT molecular complexity index is 1350. The van der Waals surface area contributed by atoms with E-state index in [1.165, 1.54) is 54.9 Å². The van der Waals surface area contributed by atoms with Crippen molar-refractivity contribution >= 4 is 27.1 Å². The van der Waals surface area contributed by atoms with Gasteiger partial charge in [0.2, 0.25) is 0 Å². The van der Waals surface area contributed by atoms with Crippen molar-refractivity contribution in [1.29, 1.82) is 0 Å². The average molecular weight is 356 g/mol. The predicted molar refractivity (Wildman–Crippen MR) is 118 cm³/mol. The van der Waals surface area contributed by atoms with Gasteiger partial charge in [-0.2, -0.15) is 0 Å². The van der Waals surface area contributed by atoms with Gasteiger partial charge in [0.05, 0.1) is 5.41 Å². The Hall–Kier alpha value is -3.12. The zero-order valence-electron chi connectivity index (χ0n) is 15.9. The highest BCUT2D eigenvalue weighted by molar-refractivity contribution is 6.17. The van der Waals surface area contributed by atoms with Crippen molar-refractivity contribution in [3.05, 3.63) is 112 Å². The zero-order chi connectivity index (χ0) is 18.5. The fraction of sp³-hybridized carbons (Fsp3) is 0.143. The minimum Gasteiger partial charge on any atom is -0.0836 e. The maximum Gasteiger partial charge on any atom is 0.0689 e. The lowest BCUT2D eigenvalue weighted by Gasteiger charge is -2.33. The molecule has 0 amide bonds. The van der Waals surface area contributed by atoms with Crippen molar-refractivity contribution in [1.82, 2.24) is 0 Å². The molecule has 7 rings (SSSR count). The molecule has 132 valence electrons. The van der Waals surface area contributed by atoms with Crippen LogP contribution in [0.4, 0.5) is 0 Å². The first-order valence-electron chi connectivity index (χ1n) is 10.3. The van der Waals surface area contributed by atoms with Gasteiger partial charge in [0.1, 0.15) is 0 Å². The molecule has 3 aliphatic rings. The molecular weight excluding hydrogens is 336 g/mol. The second-order valence-electron chi connectivity index (χ2n) is 8.45. The largest absolute Gasteiger partial charge is 0.0836 e. The van der Waals surface area contributed by atoms with Crippen LogP contribution >= 0.6 is 0 Å². The lowest BCUT2D eigenvalue weighted by molar-refractivity contribution is 0.716. The topological polar surface area (TPSA) is 0 Å². The van der Waals surface area contributed by atoms with Crippen molar-refractivity contribution in [2.75, 3.05) is 0 Å². The normalized spacial score (nSPS) is 17.9. The molecular formula is C28H20. The van der Waals surface area contributed by atoms with Crippen LogP contribution in [-0.4, -0.2) is 0 Å². The number of benzene rings is 4. The molecule has 0 fully saturated rings. The smallest absolute Gasteiger partial charge is 0.0689 e. The third-order valence-electron chi connectivity index (χ3n) is 7.26. The van der Waals surface area contributed by atoms with Crippen LogP contribution in [0.25, 0.3) is 27.1 Å². The number of hydrogen-bond acceptors (Lipinski definition) is 0. The highest BCUT2D eigenvalue weighted by atomic mass is 14.5. The number of aryl methyl sites for hydroxylation is 1. The molecule has 4 aromatic rings. The molecule has 0 heterocycles. The molecule has 0 radical (unpaired) electrons. The van der Waals surface area contributed by atoms with Crippen molar-refractivity contribution < 1.29 is 0 Å². The van der Waals surface area contributed by atoms with E-state index in [4.69, 9.17) is 0 Å². The summed E-state index contributed by atoms with van der Waals surface area (Å²) in [4.78, 5) is 0. The van der Waals surface area contributed by atoms with Gasteiger partial charge in [0, 0.05) is 0 Å². The van der Waals surface area contributed by atoms with Crippen molar-refractivity contribution in [3.63, 3.8) is 0 Å². The lowest BCUT2D eigenvalue weighted by atomic mass is 9.67. The minimum absolute atomic E-state index is 0.121. The van der Waals surface area contributed by atoms with Crippen LogP contribution < -0.4 is 0 Å². The second-order valence-corrected chi connectivity index (χ2v) is 8.45. The first kappa shape index (κ1) is 14.9. The highest BCUT2D eigenvalue weighted by Gasteiger charge is 2.51. The standard InChI is InChI=1S/C28H20/c1-17-7-4-12-22-25(17)20-10-2-3-11-21(20)28(22)23-13-5-8-18-15-16-19-9-6-14-24(28)27(19)26(18)23/h2,4-10,12-16H,3,11H2,1H3. The van der Waals surface area contributed by atoms with E-state index < -0.39 is 0 Å². The Labute approximate surface area is 164 Å². The Balaban J connectivity index is 1.78. The van der Waals surface area contributed by atoms with E-state index in [-0.39, 0.29) is 5.41 Å². The van der Waals surface area contributed by atoms with Gasteiger partial charge in [0.15, 0.2) is 0 Å². The van der Waals surface area contributed by atoms with E-state index in [9.17, 15) is 0 Å². The van der Waals surface area contributed by atoms with E-state index >= 15 is 0 Å². The summed E-state index contributed by atoms with van der Waals surface area (Å²) in [5.41, 5.74) is 10.3. The van der Waals surface area contributed by atoms with E-state index in [1.54, 1.807) is 5.57 Å². The van der Waals surface area contributed by atoms with Gasteiger partial charge in [-0.25, -0.2) is 0 Å². The Morgan fingerprint density at radius 3 is 2.07 bits per heavy atom. The summed E-state index contributed by atoms with van der Waals surface area (Å²) in [6.45, 7) is 2.27. The van der Waals surface area contributed by atoms with Crippen molar-refractivity contribution in [2.45, 2.75) is 25.2 Å². The fourth-order valence-electron chi connectivity index (χ4n) is 6.33. The van der Waals surface area contributed by atoms with Gasteiger partial charge in [-0.3, -0.25) is 0 Å². The lowest BCUT2D eigenvalue weighted by Crippen LogP contribution is -2.28. The van der Waals surface area contributed by atoms with Crippen LogP contribution in [-0.2, 0) is 5.41 Å². The van der Waals surface area contributed by atoms with Gasteiger partial charge in [-0.1, -0.05) is 78.9 Å². The predicted octanol–water partition coefficient (Wildman–Crippen LogP) is 7.07. The van der Waals surface area contributed by atoms with E-state index in [0.717, 1.165) is 12.8 Å². The van der Waals surface area contributed by atoms with Crippen LogP contribution in [0.2, 0.25) is 0 Å². The van der Waals surface area contributed by atoms with Crippen LogP contribution in [0, 0.1) is 6.92 Å². The summed E-state index contributed by atoms with van der Waals surface area (Å²) < 4.78 is 0. The number of allylic oxidation sites excluding steroid dienone is 4. The molecule has 0 unspecified atom stereocenters. The molecule has 28 heavy (non-hydrogen) atoms. The summed E-state index contributed by atoms with van der Waals surface area (Å²) in [5.74, 6) is 0. The van der Waals surface area contributed by atoms with Gasteiger partial charge in [-0.15, -0.1) is 0 Å². The zero-order valence-corrected chi connectivity index (χ0v) is 15.9. The third-order valence-corrected chi connectivity index (χ3v) is 7.26. The third kappa shape index (κ3) is 1.45. The fourth-order valence-corrected chi connectivity index (χ4v) is 6.33. The molecule has 0 saturated carbocycles. The van der Waals surface area contributed by atoms with Crippen LogP contribution in [0.1, 0.15) is 40.7 Å². The molecule has 0 saturated heterocycles. The summed E-state index contributed by atoms with van der Waals surface area (Å²) in [7, 11) is 0. The molecule has 4 aromatic carbocycles. The van der Waals surface area contributed by atoms with E-state index in [0.29, 0.717) is 0 Å². The van der Waals surface area contributed by atoms with E-state index in [1.807, 2.05) is 0 Å². The monoisotopic (exact) mass is 356 g/mol. The molecule has 0 aromatic heterocycles. The first-order valence-corrected chi connectivity index (χ1v) is 10.3. The van der Waals surface area contributed by atoms with Gasteiger partial charge in [0.25, 0.3) is 0 Å². The molecule has 1 spiro atoms. The SMILES string of the molecule is Cc1cccc2c1C1=C(CCC=C1)C21c2cccc3ccc4cccc1c4c23. The van der Waals surface area contributed by atoms with Gasteiger partial charge >= 0.3 is 0 Å². The average Bonchev–Trinajstić information content (AvgIpc) is 3.21. The summed E-state index contributed by atoms with van der Waals surface area (Å²) in [6, 6.07) is 25.3. The summed E-state index contributed by atoms with van der Waals surface area (Å²) in [5, 5.41) is 5.66. The minimum atomic E-state index is -0.121. The number of rotatable bonds is 0. The molecule has 0 atom stereocenters. The maximum absolute atomic E-state index is 2.39.